The Morgan fingerprint density at radius 3 is 2.54 bits per heavy atom. The Bertz CT molecular complexity index is 890. The molecule has 2 rings (SSSR count). The highest BCUT2D eigenvalue weighted by Crippen LogP contribution is 2.23. The molecule has 1 aromatic carbocycles. The molecular weight excluding hydrogens is 452 g/mol. The van der Waals surface area contributed by atoms with E-state index in [2.05, 4.69) is 4.99 Å². The SMILES string of the molecule is NC(N)=NCCC[C@@H](C=O)N(CCCc1ccccc1)C(=O)[C@@H]1CCCN1C(=O)[C@@H](N)CC(=O)O. The van der Waals surface area contributed by atoms with Crippen LogP contribution >= 0.6 is 0 Å². The lowest BCUT2D eigenvalue weighted by Gasteiger charge is -2.34. The highest BCUT2D eigenvalue weighted by molar-refractivity contribution is 5.92. The zero-order valence-electron chi connectivity index (χ0n) is 19.9. The maximum absolute atomic E-state index is 13.6. The summed E-state index contributed by atoms with van der Waals surface area (Å²) in [4.78, 5) is 56.3. The molecule has 0 unspecified atom stereocenters. The fourth-order valence-corrected chi connectivity index (χ4v) is 4.31. The van der Waals surface area contributed by atoms with Crippen molar-refractivity contribution in [1.82, 2.24) is 9.80 Å². The van der Waals surface area contributed by atoms with Crippen LogP contribution in [-0.4, -0.2) is 82.7 Å². The van der Waals surface area contributed by atoms with Crippen molar-refractivity contribution < 1.29 is 24.3 Å². The number of aliphatic imine (C=N–C) groups is 1. The molecule has 192 valence electrons. The highest BCUT2D eigenvalue weighted by atomic mass is 16.4. The predicted octanol–water partition coefficient (Wildman–Crippen LogP) is -0.138. The van der Waals surface area contributed by atoms with Crippen LogP contribution in [0.4, 0.5) is 0 Å². The fraction of sp³-hybridized carbons (Fsp3) is 0.542. The van der Waals surface area contributed by atoms with E-state index in [1.165, 1.54) is 9.80 Å². The van der Waals surface area contributed by atoms with Crippen molar-refractivity contribution in [2.75, 3.05) is 19.6 Å². The molecule has 1 heterocycles. The van der Waals surface area contributed by atoms with Crippen LogP contribution in [-0.2, 0) is 25.6 Å². The summed E-state index contributed by atoms with van der Waals surface area (Å²) in [5.41, 5.74) is 17.6. The van der Waals surface area contributed by atoms with E-state index in [-0.39, 0.29) is 11.9 Å². The van der Waals surface area contributed by atoms with Gasteiger partial charge in [-0.1, -0.05) is 30.3 Å². The van der Waals surface area contributed by atoms with Crippen LogP contribution in [0.5, 0.6) is 0 Å². The minimum atomic E-state index is -1.23. The quantitative estimate of drug-likeness (QED) is 0.121. The van der Waals surface area contributed by atoms with E-state index in [4.69, 9.17) is 22.3 Å². The smallest absolute Gasteiger partial charge is 0.305 e. The first kappa shape index (κ1) is 27.8. The largest absolute Gasteiger partial charge is 0.481 e. The molecule has 7 N–H and O–H groups in total. The van der Waals surface area contributed by atoms with Crippen molar-refractivity contribution in [3.63, 3.8) is 0 Å². The number of hydrogen-bond acceptors (Lipinski definition) is 6. The summed E-state index contributed by atoms with van der Waals surface area (Å²) in [6, 6.07) is 7.11. The molecule has 2 amide bonds. The molecule has 1 saturated heterocycles. The van der Waals surface area contributed by atoms with Gasteiger partial charge in [0.2, 0.25) is 11.8 Å². The number of benzene rings is 1. The van der Waals surface area contributed by atoms with Gasteiger partial charge in [-0.3, -0.25) is 19.4 Å². The van der Waals surface area contributed by atoms with Crippen molar-refractivity contribution in [2.24, 2.45) is 22.2 Å². The number of amides is 2. The Hall–Kier alpha value is -3.47. The highest BCUT2D eigenvalue weighted by Gasteiger charge is 2.40. The van der Waals surface area contributed by atoms with Gasteiger partial charge in [0.1, 0.15) is 12.3 Å². The number of likely N-dealkylation sites (tertiary alicyclic amines) is 1. The fourth-order valence-electron chi connectivity index (χ4n) is 4.31. The van der Waals surface area contributed by atoms with E-state index in [0.29, 0.717) is 51.7 Å². The average Bonchev–Trinajstić information content (AvgIpc) is 3.31. The minimum absolute atomic E-state index is 0.0405. The van der Waals surface area contributed by atoms with Crippen LogP contribution in [0, 0.1) is 0 Å². The maximum Gasteiger partial charge on any atom is 0.305 e. The van der Waals surface area contributed by atoms with Crippen LogP contribution in [0.2, 0.25) is 0 Å². The van der Waals surface area contributed by atoms with E-state index < -0.39 is 36.4 Å². The molecule has 3 atom stereocenters. The number of rotatable bonds is 14. The molecule has 1 fully saturated rings. The number of carbonyl (C=O) groups is 4. The summed E-state index contributed by atoms with van der Waals surface area (Å²) >= 11 is 0. The molecule has 0 aromatic heterocycles. The lowest BCUT2D eigenvalue weighted by Crippen LogP contribution is -2.55. The monoisotopic (exact) mass is 488 g/mol. The number of guanidine groups is 1. The molecular formula is C24H36N6O5. The lowest BCUT2D eigenvalue weighted by atomic mass is 10.0. The Kier molecular flexibility index (Phi) is 11.1. The van der Waals surface area contributed by atoms with E-state index in [1.54, 1.807) is 0 Å². The van der Waals surface area contributed by atoms with Gasteiger partial charge in [0, 0.05) is 19.6 Å². The van der Waals surface area contributed by atoms with Gasteiger partial charge in [0.25, 0.3) is 0 Å². The summed E-state index contributed by atoms with van der Waals surface area (Å²) in [6.45, 7) is 0.979. The molecule has 11 nitrogen and oxygen atoms in total. The number of carboxylic acid groups (broad SMARTS) is 1. The molecule has 0 saturated carbocycles. The van der Waals surface area contributed by atoms with Crippen LogP contribution in [0.1, 0.15) is 44.1 Å². The molecule has 35 heavy (non-hydrogen) atoms. The number of aryl methyl sites for hydroxylation is 1. The number of hydrogen-bond donors (Lipinski definition) is 4. The summed E-state index contributed by atoms with van der Waals surface area (Å²) in [5.74, 6) is -2.12. The topological polar surface area (TPSA) is 185 Å². The normalized spacial score (nSPS) is 16.8. The molecule has 11 heteroatoms. The number of aldehydes is 1. The summed E-state index contributed by atoms with van der Waals surface area (Å²) in [5, 5.41) is 8.98. The second-order valence-electron chi connectivity index (χ2n) is 8.67. The number of carbonyl (C=O) groups excluding carboxylic acids is 3. The summed E-state index contributed by atoms with van der Waals surface area (Å²) < 4.78 is 0. The van der Waals surface area contributed by atoms with Crippen molar-refractivity contribution >= 4 is 30.0 Å². The van der Waals surface area contributed by atoms with Gasteiger partial charge in [-0.25, -0.2) is 0 Å². The van der Waals surface area contributed by atoms with E-state index in [1.807, 2.05) is 30.3 Å². The van der Waals surface area contributed by atoms with Crippen LogP contribution in [0.3, 0.4) is 0 Å². The van der Waals surface area contributed by atoms with Gasteiger partial charge < -0.3 is 36.9 Å². The number of carboxylic acids is 1. The van der Waals surface area contributed by atoms with E-state index >= 15 is 0 Å². The predicted molar refractivity (Wildman–Crippen MR) is 131 cm³/mol. The van der Waals surface area contributed by atoms with Crippen molar-refractivity contribution in [1.29, 1.82) is 0 Å². The van der Waals surface area contributed by atoms with Crippen LogP contribution < -0.4 is 17.2 Å². The molecule has 0 radical (unpaired) electrons. The Balaban J connectivity index is 2.16. The molecule has 0 bridgehead atoms. The van der Waals surface area contributed by atoms with Crippen molar-refractivity contribution in [2.45, 2.75) is 63.1 Å². The van der Waals surface area contributed by atoms with Crippen LogP contribution in [0.15, 0.2) is 35.3 Å². The third-order valence-electron chi connectivity index (χ3n) is 6.03. The first-order valence-corrected chi connectivity index (χ1v) is 11.9. The van der Waals surface area contributed by atoms with E-state index in [9.17, 15) is 19.2 Å². The van der Waals surface area contributed by atoms with E-state index in [0.717, 1.165) is 18.3 Å². The molecule has 0 spiro atoms. The molecule has 1 aromatic rings. The minimum Gasteiger partial charge on any atom is -0.481 e. The third kappa shape index (κ3) is 8.67. The Labute approximate surface area is 205 Å². The number of nitrogens with two attached hydrogens (primary N) is 3. The molecule has 0 aliphatic carbocycles. The van der Waals surface area contributed by atoms with Gasteiger partial charge in [0.15, 0.2) is 5.96 Å². The molecule has 1 aliphatic heterocycles. The first-order chi connectivity index (χ1) is 16.7. The van der Waals surface area contributed by atoms with Gasteiger partial charge in [-0.05, 0) is 44.1 Å². The average molecular weight is 489 g/mol. The Morgan fingerprint density at radius 2 is 1.91 bits per heavy atom. The lowest BCUT2D eigenvalue weighted by molar-refractivity contribution is -0.148. The summed E-state index contributed by atoms with van der Waals surface area (Å²) in [6.07, 6.45) is 3.48. The maximum atomic E-state index is 13.6. The van der Waals surface area contributed by atoms with Gasteiger partial charge in [-0.2, -0.15) is 0 Å². The van der Waals surface area contributed by atoms with Crippen molar-refractivity contribution in [3.05, 3.63) is 35.9 Å². The standard InChI is InChI=1S/C24H36N6O5/c25-19(15-21(32)33)22(34)30-14-6-11-20(30)23(35)29(13-5-9-17-7-2-1-3-8-17)18(16-31)10-4-12-28-24(26)27/h1-3,7-8,16,18-20H,4-6,9-15,25H2,(H,32,33)(H4,26,27,28)/t18-,19-,20-/m0/s1. The van der Waals surface area contributed by atoms with Gasteiger partial charge in [0.05, 0.1) is 18.5 Å². The second kappa shape index (κ2) is 14.1. The zero-order valence-corrected chi connectivity index (χ0v) is 19.9. The number of nitrogens with zero attached hydrogens (tertiary/aromatic N) is 3. The Morgan fingerprint density at radius 1 is 1.20 bits per heavy atom. The van der Waals surface area contributed by atoms with Gasteiger partial charge in [-0.15, -0.1) is 0 Å². The first-order valence-electron chi connectivity index (χ1n) is 11.9. The van der Waals surface area contributed by atoms with Crippen LogP contribution in [0.25, 0.3) is 0 Å². The number of aliphatic carboxylic acids is 1. The molecule has 1 aliphatic rings. The summed E-state index contributed by atoms with van der Waals surface area (Å²) in [7, 11) is 0. The zero-order chi connectivity index (χ0) is 25.8. The second-order valence-corrected chi connectivity index (χ2v) is 8.67. The van der Waals surface area contributed by atoms with Gasteiger partial charge >= 0.3 is 5.97 Å². The third-order valence-corrected chi connectivity index (χ3v) is 6.03. The van der Waals surface area contributed by atoms with Crippen molar-refractivity contribution in [3.8, 4) is 0 Å².